The van der Waals surface area contributed by atoms with Crippen molar-refractivity contribution in [1.29, 1.82) is 0 Å². The van der Waals surface area contributed by atoms with Crippen molar-refractivity contribution in [2.45, 2.75) is 26.4 Å². The average molecular weight is 294 g/mol. The minimum Gasteiger partial charge on any atom is -0.491 e. The van der Waals surface area contributed by atoms with Crippen LogP contribution in [-0.2, 0) is 6.42 Å². The molecule has 21 heavy (non-hydrogen) atoms. The molecule has 1 aliphatic rings. The van der Waals surface area contributed by atoms with Gasteiger partial charge in [0.2, 0.25) is 0 Å². The molecule has 4 heteroatoms. The third-order valence-electron chi connectivity index (χ3n) is 4.46. The maximum Gasteiger partial charge on any atom is 0.137 e. The third kappa shape index (κ3) is 5.30. The number of likely N-dealkylation sites (N-methyl/N-ethyl adjacent to an activating group) is 1. The highest BCUT2D eigenvalue weighted by molar-refractivity contribution is 5.27. The van der Waals surface area contributed by atoms with Crippen LogP contribution < -0.4 is 14.5 Å². The lowest BCUT2D eigenvalue weighted by molar-refractivity contribution is -1.01. The molecule has 3 N–H and O–H groups in total. The number of quaternary nitrogens is 2. The number of benzene rings is 1. The topological polar surface area (TPSA) is 38.3 Å². The first-order valence-corrected chi connectivity index (χ1v) is 8.28. The number of ether oxygens (including phenoxy) is 1. The molecule has 0 radical (unpaired) electrons. The highest BCUT2D eigenvalue weighted by Gasteiger charge is 2.23. The van der Waals surface area contributed by atoms with Gasteiger partial charge in [0, 0.05) is 0 Å². The van der Waals surface area contributed by atoms with E-state index in [9.17, 15) is 5.11 Å². The van der Waals surface area contributed by atoms with Gasteiger partial charge in [0.25, 0.3) is 0 Å². The molecule has 1 unspecified atom stereocenters. The van der Waals surface area contributed by atoms with E-state index in [-0.39, 0.29) is 6.10 Å². The van der Waals surface area contributed by atoms with Gasteiger partial charge in [0.05, 0.1) is 6.54 Å². The van der Waals surface area contributed by atoms with Crippen molar-refractivity contribution >= 4 is 0 Å². The highest BCUT2D eigenvalue weighted by Crippen LogP contribution is 2.12. The van der Waals surface area contributed by atoms with Crippen LogP contribution in [0.25, 0.3) is 0 Å². The molecule has 0 spiro atoms. The molecule has 1 saturated heterocycles. The smallest absolute Gasteiger partial charge is 0.137 e. The van der Waals surface area contributed by atoms with Crippen molar-refractivity contribution in [2.24, 2.45) is 0 Å². The van der Waals surface area contributed by atoms with Gasteiger partial charge in [-0.05, 0) is 31.0 Å². The maximum atomic E-state index is 10.1. The SMILES string of the molecule is CCc1ccc(OCC(O)C[NH+]2CC[NH+](CC)CC2)cc1. The molecule has 0 aliphatic carbocycles. The van der Waals surface area contributed by atoms with Gasteiger partial charge >= 0.3 is 0 Å². The Bertz CT molecular complexity index is 400. The van der Waals surface area contributed by atoms with Crippen molar-refractivity contribution < 1.29 is 19.6 Å². The molecule has 4 nitrogen and oxygen atoms in total. The number of aryl methyl sites for hydroxylation is 1. The Labute approximate surface area is 128 Å². The van der Waals surface area contributed by atoms with Crippen molar-refractivity contribution in [3.8, 4) is 5.75 Å². The summed E-state index contributed by atoms with van der Waals surface area (Å²) in [7, 11) is 0. The van der Waals surface area contributed by atoms with Crippen LogP contribution in [0.4, 0.5) is 0 Å². The van der Waals surface area contributed by atoms with Crippen molar-refractivity contribution in [3.05, 3.63) is 29.8 Å². The molecule has 1 fully saturated rings. The number of hydrogen-bond donors (Lipinski definition) is 3. The number of rotatable bonds is 7. The Hall–Kier alpha value is -1.10. The summed E-state index contributed by atoms with van der Waals surface area (Å²) in [5, 5.41) is 10.1. The second-order valence-corrected chi connectivity index (χ2v) is 6.02. The lowest BCUT2D eigenvalue weighted by atomic mass is 10.2. The van der Waals surface area contributed by atoms with Gasteiger partial charge in [0.15, 0.2) is 0 Å². The number of aliphatic hydroxyl groups is 1. The second-order valence-electron chi connectivity index (χ2n) is 6.02. The minimum absolute atomic E-state index is 0.381. The van der Waals surface area contributed by atoms with Crippen LogP contribution in [0.2, 0.25) is 0 Å². The Kier molecular flexibility index (Phi) is 6.49. The molecule has 0 saturated carbocycles. The van der Waals surface area contributed by atoms with Gasteiger partial charge in [-0.15, -0.1) is 0 Å². The Morgan fingerprint density at radius 1 is 1.05 bits per heavy atom. The van der Waals surface area contributed by atoms with Crippen LogP contribution in [0, 0.1) is 0 Å². The van der Waals surface area contributed by atoms with Crippen LogP contribution in [0.3, 0.4) is 0 Å². The summed E-state index contributed by atoms with van der Waals surface area (Å²) < 4.78 is 5.68. The zero-order chi connectivity index (χ0) is 15.1. The van der Waals surface area contributed by atoms with E-state index in [4.69, 9.17) is 4.74 Å². The molecule has 0 aromatic heterocycles. The third-order valence-corrected chi connectivity index (χ3v) is 4.46. The molecule has 2 rings (SSSR count). The van der Waals surface area contributed by atoms with Gasteiger partial charge in [-0.2, -0.15) is 0 Å². The predicted octanol–water partition coefficient (Wildman–Crippen LogP) is -1.21. The fourth-order valence-corrected chi connectivity index (χ4v) is 2.92. The quantitative estimate of drug-likeness (QED) is 0.591. The van der Waals surface area contributed by atoms with Gasteiger partial charge in [-0.1, -0.05) is 19.1 Å². The van der Waals surface area contributed by atoms with Crippen LogP contribution in [0.1, 0.15) is 19.4 Å². The van der Waals surface area contributed by atoms with Gasteiger partial charge in [-0.3, -0.25) is 0 Å². The highest BCUT2D eigenvalue weighted by atomic mass is 16.5. The van der Waals surface area contributed by atoms with E-state index in [2.05, 4.69) is 26.0 Å². The molecule has 118 valence electrons. The van der Waals surface area contributed by atoms with E-state index in [1.807, 2.05) is 12.1 Å². The Morgan fingerprint density at radius 3 is 2.24 bits per heavy atom. The summed E-state index contributed by atoms with van der Waals surface area (Å²) in [6.45, 7) is 11.5. The van der Waals surface area contributed by atoms with E-state index < -0.39 is 0 Å². The summed E-state index contributed by atoms with van der Waals surface area (Å²) in [6, 6.07) is 8.14. The van der Waals surface area contributed by atoms with E-state index in [1.54, 1.807) is 4.90 Å². The zero-order valence-electron chi connectivity index (χ0n) is 13.4. The molecular weight excluding hydrogens is 264 g/mol. The van der Waals surface area contributed by atoms with E-state index >= 15 is 0 Å². The number of aliphatic hydroxyl groups excluding tert-OH is 1. The van der Waals surface area contributed by atoms with Crippen LogP contribution >= 0.6 is 0 Å². The van der Waals surface area contributed by atoms with E-state index in [0.29, 0.717) is 6.61 Å². The van der Waals surface area contributed by atoms with Crippen LogP contribution in [0.5, 0.6) is 5.75 Å². The number of piperazine rings is 1. The van der Waals surface area contributed by atoms with Crippen molar-refractivity contribution in [2.75, 3.05) is 45.9 Å². The largest absolute Gasteiger partial charge is 0.491 e. The molecule has 0 bridgehead atoms. The summed E-state index contributed by atoms with van der Waals surface area (Å²) in [5.41, 5.74) is 1.31. The first-order chi connectivity index (χ1) is 10.2. The molecule has 1 aromatic carbocycles. The Balaban J connectivity index is 1.68. The summed E-state index contributed by atoms with van der Waals surface area (Å²) in [6.07, 6.45) is 0.659. The molecule has 1 aliphatic heterocycles. The first kappa shape index (κ1) is 16.3. The minimum atomic E-state index is -0.381. The monoisotopic (exact) mass is 294 g/mol. The first-order valence-electron chi connectivity index (χ1n) is 8.28. The fraction of sp³-hybridized carbons (Fsp3) is 0.647. The zero-order valence-corrected chi connectivity index (χ0v) is 13.4. The molecular formula is C17H30N2O2+2. The van der Waals surface area contributed by atoms with Gasteiger partial charge in [-0.25, -0.2) is 0 Å². The summed E-state index contributed by atoms with van der Waals surface area (Å²) in [5.74, 6) is 0.849. The van der Waals surface area contributed by atoms with Crippen LogP contribution in [0.15, 0.2) is 24.3 Å². The lowest BCUT2D eigenvalue weighted by Crippen LogP contribution is -3.28. The normalized spacial score (nSPS) is 23.8. The molecule has 1 heterocycles. The average Bonchev–Trinajstić information content (AvgIpc) is 2.54. The standard InChI is InChI=1S/C17H28N2O2/c1-3-15-5-7-17(8-6-15)21-14-16(20)13-19-11-9-18(4-2)10-12-19/h5-8,16,20H,3-4,9-14H2,1-2H3/p+2. The van der Waals surface area contributed by atoms with Gasteiger partial charge < -0.3 is 19.6 Å². The van der Waals surface area contributed by atoms with Crippen molar-refractivity contribution in [3.63, 3.8) is 0 Å². The summed E-state index contributed by atoms with van der Waals surface area (Å²) in [4.78, 5) is 3.19. The van der Waals surface area contributed by atoms with Gasteiger partial charge in [0.1, 0.15) is 51.2 Å². The predicted molar refractivity (Wildman–Crippen MR) is 84.1 cm³/mol. The Morgan fingerprint density at radius 2 is 1.67 bits per heavy atom. The fourth-order valence-electron chi connectivity index (χ4n) is 2.92. The molecule has 0 amide bonds. The van der Waals surface area contributed by atoms with E-state index in [1.165, 1.54) is 30.1 Å². The maximum absolute atomic E-state index is 10.1. The van der Waals surface area contributed by atoms with Crippen LogP contribution in [-0.4, -0.2) is 57.1 Å². The number of nitrogens with one attached hydrogen (secondary N) is 2. The molecule has 1 aromatic rings. The molecule has 1 atom stereocenters. The summed E-state index contributed by atoms with van der Waals surface area (Å²) >= 11 is 0. The van der Waals surface area contributed by atoms with Crippen molar-refractivity contribution in [1.82, 2.24) is 0 Å². The second kappa shape index (κ2) is 8.37. The van der Waals surface area contributed by atoms with E-state index in [0.717, 1.165) is 31.8 Å². The lowest BCUT2D eigenvalue weighted by Gasteiger charge is -2.30. The number of hydrogen-bond acceptors (Lipinski definition) is 2.